The quantitative estimate of drug-likeness (QED) is 0.795. The van der Waals surface area contributed by atoms with Crippen LogP contribution in [0.2, 0.25) is 5.02 Å². The Labute approximate surface area is 93.0 Å². The van der Waals surface area contributed by atoms with E-state index in [1.807, 2.05) is 12.1 Å². The average molecular weight is 226 g/mol. The molecule has 1 saturated heterocycles. The Bertz CT molecular complexity index is 365. The minimum absolute atomic E-state index is 0.0354. The van der Waals surface area contributed by atoms with Crippen LogP contribution in [-0.4, -0.2) is 25.2 Å². The summed E-state index contributed by atoms with van der Waals surface area (Å²) in [6.45, 7) is 1.06. The largest absolute Gasteiger partial charge is 0.332 e. The number of amides is 2. The molecule has 1 atom stereocenters. The second kappa shape index (κ2) is 4.08. The maximum atomic E-state index is 11.6. The van der Waals surface area contributed by atoms with Gasteiger partial charge < -0.3 is 11.1 Å². The van der Waals surface area contributed by atoms with E-state index in [-0.39, 0.29) is 12.1 Å². The first-order valence-electron chi connectivity index (χ1n) is 4.74. The van der Waals surface area contributed by atoms with Crippen molar-refractivity contribution in [2.45, 2.75) is 6.04 Å². The molecule has 1 unspecified atom stereocenters. The van der Waals surface area contributed by atoms with Crippen molar-refractivity contribution in [2.75, 3.05) is 18.0 Å². The number of carbonyl (C=O) groups is 1. The van der Waals surface area contributed by atoms with Gasteiger partial charge in [0.25, 0.3) is 0 Å². The highest BCUT2D eigenvalue weighted by Crippen LogP contribution is 2.20. The van der Waals surface area contributed by atoms with E-state index in [0.717, 1.165) is 5.69 Å². The molecule has 4 nitrogen and oxygen atoms in total. The first kappa shape index (κ1) is 10.3. The lowest BCUT2D eigenvalue weighted by molar-refractivity contribution is 0.251. The van der Waals surface area contributed by atoms with E-state index < -0.39 is 0 Å². The van der Waals surface area contributed by atoms with Gasteiger partial charge in [0.05, 0.1) is 6.04 Å². The molecule has 15 heavy (non-hydrogen) atoms. The lowest BCUT2D eigenvalue weighted by Gasteiger charge is -2.14. The highest BCUT2D eigenvalue weighted by molar-refractivity contribution is 6.30. The van der Waals surface area contributed by atoms with Crippen LogP contribution in [0.5, 0.6) is 0 Å². The summed E-state index contributed by atoms with van der Waals surface area (Å²) in [7, 11) is 0. The van der Waals surface area contributed by atoms with E-state index in [1.165, 1.54) is 0 Å². The van der Waals surface area contributed by atoms with Gasteiger partial charge in [-0.3, -0.25) is 4.90 Å². The number of nitrogens with one attached hydrogen (secondary N) is 1. The van der Waals surface area contributed by atoms with Crippen molar-refractivity contribution >= 4 is 23.3 Å². The van der Waals surface area contributed by atoms with Gasteiger partial charge >= 0.3 is 6.03 Å². The van der Waals surface area contributed by atoms with Crippen molar-refractivity contribution in [1.29, 1.82) is 0 Å². The molecule has 0 aromatic heterocycles. The second-order valence-corrected chi connectivity index (χ2v) is 3.91. The van der Waals surface area contributed by atoms with Crippen LogP contribution < -0.4 is 16.0 Å². The zero-order valence-corrected chi connectivity index (χ0v) is 8.87. The number of hydrogen-bond donors (Lipinski definition) is 2. The van der Waals surface area contributed by atoms with Crippen molar-refractivity contribution in [2.24, 2.45) is 5.73 Å². The number of anilines is 1. The lowest BCUT2D eigenvalue weighted by Crippen LogP contribution is -2.33. The van der Waals surface area contributed by atoms with Gasteiger partial charge in [-0.25, -0.2) is 4.79 Å². The Morgan fingerprint density at radius 1 is 1.47 bits per heavy atom. The van der Waals surface area contributed by atoms with Gasteiger partial charge in [0.2, 0.25) is 0 Å². The van der Waals surface area contributed by atoms with Gasteiger partial charge in [0, 0.05) is 23.8 Å². The van der Waals surface area contributed by atoms with E-state index >= 15 is 0 Å². The van der Waals surface area contributed by atoms with Crippen LogP contribution in [0.1, 0.15) is 0 Å². The third-order valence-electron chi connectivity index (χ3n) is 2.40. The molecule has 1 fully saturated rings. The predicted octanol–water partition coefficient (Wildman–Crippen LogP) is 1.20. The number of hydrogen-bond acceptors (Lipinski definition) is 2. The van der Waals surface area contributed by atoms with Gasteiger partial charge in [-0.2, -0.15) is 0 Å². The predicted molar refractivity (Wildman–Crippen MR) is 60.2 cm³/mol. The molecule has 0 radical (unpaired) electrons. The Balaban J connectivity index is 2.18. The normalized spacial score (nSPS) is 20.5. The van der Waals surface area contributed by atoms with Crippen molar-refractivity contribution in [3.63, 3.8) is 0 Å². The molecule has 1 aliphatic rings. The summed E-state index contributed by atoms with van der Waals surface area (Å²) in [5.74, 6) is 0. The van der Waals surface area contributed by atoms with E-state index in [2.05, 4.69) is 5.32 Å². The van der Waals surface area contributed by atoms with Crippen molar-refractivity contribution in [1.82, 2.24) is 5.32 Å². The zero-order valence-electron chi connectivity index (χ0n) is 8.11. The zero-order chi connectivity index (χ0) is 10.8. The number of benzene rings is 1. The molecular weight excluding hydrogens is 214 g/mol. The maximum Gasteiger partial charge on any atom is 0.322 e. The third-order valence-corrected chi connectivity index (χ3v) is 2.65. The fraction of sp³-hybridized carbons (Fsp3) is 0.300. The third kappa shape index (κ3) is 2.06. The summed E-state index contributed by atoms with van der Waals surface area (Å²) >= 11 is 5.77. The molecule has 3 N–H and O–H groups in total. The summed E-state index contributed by atoms with van der Waals surface area (Å²) in [4.78, 5) is 13.2. The Kier molecular flexibility index (Phi) is 2.79. The molecular formula is C10H12ClN3O. The Morgan fingerprint density at radius 3 is 2.67 bits per heavy atom. The van der Waals surface area contributed by atoms with E-state index in [0.29, 0.717) is 18.1 Å². The average Bonchev–Trinajstić information content (AvgIpc) is 2.61. The number of rotatable bonds is 2. The molecule has 2 amide bonds. The van der Waals surface area contributed by atoms with Crippen LogP contribution in [0.15, 0.2) is 24.3 Å². The maximum absolute atomic E-state index is 11.6. The minimum atomic E-state index is -0.104. The van der Waals surface area contributed by atoms with Crippen molar-refractivity contribution < 1.29 is 4.79 Å². The molecule has 1 aliphatic heterocycles. The molecule has 1 aromatic carbocycles. The number of urea groups is 1. The van der Waals surface area contributed by atoms with Gasteiger partial charge in [0.1, 0.15) is 0 Å². The summed E-state index contributed by atoms with van der Waals surface area (Å²) in [5.41, 5.74) is 6.34. The Hall–Kier alpha value is -1.26. The molecule has 0 saturated carbocycles. The van der Waals surface area contributed by atoms with Crippen LogP contribution in [0.3, 0.4) is 0 Å². The van der Waals surface area contributed by atoms with Crippen LogP contribution in [0, 0.1) is 0 Å². The fourth-order valence-corrected chi connectivity index (χ4v) is 1.70. The number of nitrogens with two attached hydrogens (primary N) is 1. The van der Waals surface area contributed by atoms with Crippen LogP contribution >= 0.6 is 11.6 Å². The Morgan fingerprint density at radius 2 is 2.13 bits per heavy atom. The summed E-state index contributed by atoms with van der Waals surface area (Å²) in [6, 6.07) is 7.10. The highest BCUT2D eigenvalue weighted by Gasteiger charge is 2.28. The van der Waals surface area contributed by atoms with Gasteiger partial charge in [-0.1, -0.05) is 11.6 Å². The summed E-state index contributed by atoms with van der Waals surface area (Å²) in [6.07, 6.45) is 0. The van der Waals surface area contributed by atoms with E-state index in [9.17, 15) is 4.79 Å². The molecule has 80 valence electrons. The smallest absolute Gasteiger partial charge is 0.322 e. The molecule has 1 aromatic rings. The molecule has 0 spiro atoms. The molecule has 1 heterocycles. The SMILES string of the molecule is NCC1CN(c2ccc(Cl)cc2)C(=O)N1. The number of nitrogens with zero attached hydrogens (tertiary/aromatic N) is 1. The van der Waals surface area contributed by atoms with Crippen molar-refractivity contribution in [3.05, 3.63) is 29.3 Å². The first-order chi connectivity index (χ1) is 7.20. The molecule has 2 rings (SSSR count). The monoisotopic (exact) mass is 225 g/mol. The molecule has 0 bridgehead atoms. The topological polar surface area (TPSA) is 58.4 Å². The van der Waals surface area contributed by atoms with E-state index in [4.69, 9.17) is 17.3 Å². The standard InChI is InChI=1S/C10H12ClN3O/c11-7-1-3-9(4-2-7)14-6-8(5-12)13-10(14)15/h1-4,8H,5-6,12H2,(H,13,15). The second-order valence-electron chi connectivity index (χ2n) is 3.47. The van der Waals surface area contributed by atoms with Gasteiger partial charge in [-0.05, 0) is 24.3 Å². The highest BCUT2D eigenvalue weighted by atomic mass is 35.5. The van der Waals surface area contributed by atoms with Crippen LogP contribution in [0.4, 0.5) is 10.5 Å². The summed E-state index contributed by atoms with van der Waals surface area (Å²) < 4.78 is 0. The number of halogens is 1. The summed E-state index contributed by atoms with van der Waals surface area (Å²) in [5, 5.41) is 3.46. The molecule has 5 heteroatoms. The van der Waals surface area contributed by atoms with Gasteiger partial charge in [0.15, 0.2) is 0 Å². The van der Waals surface area contributed by atoms with Gasteiger partial charge in [-0.15, -0.1) is 0 Å². The van der Waals surface area contributed by atoms with Crippen molar-refractivity contribution in [3.8, 4) is 0 Å². The van der Waals surface area contributed by atoms with Crippen LogP contribution in [0.25, 0.3) is 0 Å². The van der Waals surface area contributed by atoms with E-state index in [1.54, 1.807) is 17.0 Å². The fourth-order valence-electron chi connectivity index (χ4n) is 1.58. The lowest BCUT2D eigenvalue weighted by atomic mass is 10.2. The number of carbonyl (C=O) groups excluding carboxylic acids is 1. The minimum Gasteiger partial charge on any atom is -0.332 e. The first-order valence-corrected chi connectivity index (χ1v) is 5.12. The molecule has 0 aliphatic carbocycles. The van der Waals surface area contributed by atoms with Crippen LogP contribution in [-0.2, 0) is 0 Å².